The number of hydrogen-bond acceptors (Lipinski definition) is 3. The minimum atomic E-state index is -0.628. The van der Waals surface area contributed by atoms with E-state index in [2.05, 4.69) is 29.4 Å². The number of likely N-dealkylation sites (N-methyl/N-ethyl adjacent to an activating group) is 1. The van der Waals surface area contributed by atoms with E-state index >= 15 is 0 Å². The average molecular weight is 289 g/mol. The topological polar surface area (TPSA) is 61.4 Å². The maximum absolute atomic E-state index is 12.2. The van der Waals surface area contributed by atoms with Gasteiger partial charge in [0.05, 0.1) is 0 Å². The maximum atomic E-state index is 12.2. The lowest BCUT2D eigenvalue weighted by Gasteiger charge is -2.24. The summed E-state index contributed by atoms with van der Waals surface area (Å²) in [5.74, 6) is -1.03. The summed E-state index contributed by atoms with van der Waals surface area (Å²) in [7, 11) is 0. The zero-order valence-corrected chi connectivity index (χ0v) is 12.7. The van der Waals surface area contributed by atoms with Crippen molar-refractivity contribution in [2.45, 2.75) is 20.3 Å². The second kappa shape index (κ2) is 7.22. The van der Waals surface area contributed by atoms with Gasteiger partial charge < -0.3 is 15.5 Å². The summed E-state index contributed by atoms with van der Waals surface area (Å²) >= 11 is 0. The molecule has 1 heterocycles. The molecule has 0 radical (unpaired) electrons. The van der Waals surface area contributed by atoms with Crippen molar-refractivity contribution in [3.63, 3.8) is 0 Å². The predicted octanol–water partition coefficient (Wildman–Crippen LogP) is 1.26. The Bertz CT molecular complexity index is 512. The molecule has 0 aromatic heterocycles. The molecule has 1 aromatic rings. The molecule has 2 amide bonds. The van der Waals surface area contributed by atoms with Gasteiger partial charge in [-0.15, -0.1) is 0 Å². The van der Waals surface area contributed by atoms with Crippen molar-refractivity contribution in [3.05, 3.63) is 29.8 Å². The number of carbonyl (C=O) groups excluding carboxylic acids is 2. The van der Waals surface area contributed by atoms with E-state index in [9.17, 15) is 9.59 Å². The van der Waals surface area contributed by atoms with Crippen LogP contribution < -0.4 is 10.6 Å². The largest absolute Gasteiger partial charge is 0.354 e. The highest BCUT2D eigenvalue weighted by Gasteiger charge is 2.31. The van der Waals surface area contributed by atoms with E-state index in [4.69, 9.17) is 0 Å². The molecule has 0 fully saturated rings. The van der Waals surface area contributed by atoms with Crippen LogP contribution in [-0.2, 0) is 16.0 Å². The molecule has 21 heavy (non-hydrogen) atoms. The average Bonchev–Trinajstić information content (AvgIpc) is 2.50. The van der Waals surface area contributed by atoms with Gasteiger partial charge in [0, 0.05) is 18.8 Å². The Morgan fingerprint density at radius 1 is 1.33 bits per heavy atom. The third-order valence-electron chi connectivity index (χ3n) is 3.95. The quantitative estimate of drug-likeness (QED) is 0.775. The van der Waals surface area contributed by atoms with Crippen molar-refractivity contribution in [1.82, 2.24) is 10.2 Å². The molecule has 0 aliphatic carbocycles. The number of fused-ring (bicyclic) bond motifs is 1. The van der Waals surface area contributed by atoms with Gasteiger partial charge in [-0.05, 0) is 31.1 Å². The van der Waals surface area contributed by atoms with E-state index in [1.807, 2.05) is 24.3 Å². The summed E-state index contributed by atoms with van der Waals surface area (Å²) in [5.41, 5.74) is 1.83. The number of benzene rings is 1. The van der Waals surface area contributed by atoms with Crippen LogP contribution in [0.1, 0.15) is 19.4 Å². The van der Waals surface area contributed by atoms with Gasteiger partial charge in [-0.25, -0.2) is 0 Å². The van der Waals surface area contributed by atoms with Crippen molar-refractivity contribution in [2.75, 3.05) is 31.5 Å². The van der Waals surface area contributed by atoms with Crippen molar-refractivity contribution in [1.29, 1.82) is 0 Å². The number of carbonyl (C=O) groups is 2. The van der Waals surface area contributed by atoms with Crippen LogP contribution in [0.25, 0.3) is 0 Å². The molecule has 1 aromatic carbocycles. The fourth-order valence-corrected chi connectivity index (χ4v) is 2.56. The molecule has 2 rings (SSSR count). The minimum absolute atomic E-state index is 0.186. The van der Waals surface area contributed by atoms with E-state index in [1.54, 1.807) is 0 Å². The second-order valence-corrected chi connectivity index (χ2v) is 5.22. The van der Waals surface area contributed by atoms with Gasteiger partial charge in [0.2, 0.25) is 11.8 Å². The highest BCUT2D eigenvalue weighted by atomic mass is 16.2. The fraction of sp³-hybridized carbons (Fsp3) is 0.500. The molecule has 0 saturated carbocycles. The lowest BCUT2D eigenvalue weighted by Crippen LogP contribution is -2.44. The third kappa shape index (κ3) is 3.82. The van der Waals surface area contributed by atoms with Crippen molar-refractivity contribution in [3.8, 4) is 0 Å². The molecule has 0 saturated heterocycles. The zero-order valence-electron chi connectivity index (χ0n) is 12.7. The van der Waals surface area contributed by atoms with Gasteiger partial charge in [0.15, 0.2) is 0 Å². The Hall–Kier alpha value is -1.88. The van der Waals surface area contributed by atoms with Gasteiger partial charge in [0.1, 0.15) is 5.92 Å². The van der Waals surface area contributed by atoms with Crippen molar-refractivity contribution >= 4 is 17.5 Å². The van der Waals surface area contributed by atoms with Crippen LogP contribution in [0, 0.1) is 5.92 Å². The van der Waals surface area contributed by atoms with Crippen LogP contribution in [0.15, 0.2) is 24.3 Å². The Morgan fingerprint density at radius 3 is 2.76 bits per heavy atom. The Kier molecular flexibility index (Phi) is 5.33. The predicted molar refractivity (Wildman–Crippen MR) is 83.1 cm³/mol. The van der Waals surface area contributed by atoms with Gasteiger partial charge in [-0.3, -0.25) is 9.59 Å². The number of nitrogens with one attached hydrogen (secondary N) is 2. The molecule has 5 nitrogen and oxygen atoms in total. The van der Waals surface area contributed by atoms with Gasteiger partial charge >= 0.3 is 0 Å². The lowest BCUT2D eigenvalue weighted by molar-refractivity contribution is -0.132. The SMILES string of the molecule is CCN(CC)CCNC(=O)C1Cc2ccccc2NC1=O. The van der Waals surface area contributed by atoms with Crippen molar-refractivity contribution in [2.24, 2.45) is 5.92 Å². The van der Waals surface area contributed by atoms with E-state index in [0.29, 0.717) is 13.0 Å². The molecule has 1 atom stereocenters. The summed E-state index contributed by atoms with van der Waals surface area (Å²) in [5, 5.41) is 5.67. The lowest BCUT2D eigenvalue weighted by atomic mass is 9.92. The molecule has 2 N–H and O–H groups in total. The van der Waals surface area contributed by atoms with Crippen LogP contribution in [0.2, 0.25) is 0 Å². The highest BCUT2D eigenvalue weighted by molar-refractivity contribution is 6.08. The first-order valence-electron chi connectivity index (χ1n) is 7.54. The van der Waals surface area contributed by atoms with E-state index in [0.717, 1.165) is 30.9 Å². The zero-order chi connectivity index (χ0) is 15.2. The van der Waals surface area contributed by atoms with E-state index in [1.165, 1.54) is 0 Å². The number of rotatable bonds is 6. The number of hydrogen-bond donors (Lipinski definition) is 2. The maximum Gasteiger partial charge on any atom is 0.237 e. The molecule has 1 unspecified atom stereocenters. The molecule has 0 spiro atoms. The van der Waals surface area contributed by atoms with E-state index in [-0.39, 0.29) is 11.8 Å². The highest BCUT2D eigenvalue weighted by Crippen LogP contribution is 2.25. The standard InChI is InChI=1S/C16H23N3O2/c1-3-19(4-2)10-9-17-15(20)13-11-12-7-5-6-8-14(12)18-16(13)21/h5-8,13H,3-4,9-11H2,1-2H3,(H,17,20)(H,18,21). The van der Waals surface area contributed by atoms with Crippen LogP contribution in [0.4, 0.5) is 5.69 Å². The number of amides is 2. The molecule has 1 aliphatic heterocycles. The Labute approximate surface area is 125 Å². The first kappa shape index (κ1) is 15.5. The van der Waals surface area contributed by atoms with Crippen LogP contribution in [-0.4, -0.2) is 42.9 Å². The van der Waals surface area contributed by atoms with Gasteiger partial charge in [0.25, 0.3) is 0 Å². The Morgan fingerprint density at radius 2 is 2.05 bits per heavy atom. The number of nitrogens with zero attached hydrogens (tertiary/aromatic N) is 1. The second-order valence-electron chi connectivity index (χ2n) is 5.22. The van der Waals surface area contributed by atoms with Crippen LogP contribution in [0.3, 0.4) is 0 Å². The van der Waals surface area contributed by atoms with Crippen LogP contribution in [0.5, 0.6) is 0 Å². The minimum Gasteiger partial charge on any atom is -0.354 e. The van der Waals surface area contributed by atoms with Crippen molar-refractivity contribution < 1.29 is 9.59 Å². The smallest absolute Gasteiger partial charge is 0.237 e. The molecule has 0 bridgehead atoms. The summed E-state index contributed by atoms with van der Waals surface area (Å²) in [6.07, 6.45) is 0.471. The summed E-state index contributed by atoms with van der Waals surface area (Å²) in [4.78, 5) is 26.4. The summed E-state index contributed by atoms with van der Waals surface area (Å²) in [6, 6.07) is 7.61. The van der Waals surface area contributed by atoms with Gasteiger partial charge in [-0.2, -0.15) is 0 Å². The molecular formula is C16H23N3O2. The Balaban J connectivity index is 1.90. The number of anilines is 1. The normalized spacial score (nSPS) is 17.3. The molecule has 5 heteroatoms. The first-order valence-corrected chi connectivity index (χ1v) is 7.54. The molecular weight excluding hydrogens is 266 g/mol. The summed E-state index contributed by atoms with van der Waals surface area (Å²) < 4.78 is 0. The van der Waals surface area contributed by atoms with Gasteiger partial charge in [-0.1, -0.05) is 32.0 Å². The van der Waals surface area contributed by atoms with Crippen LogP contribution >= 0.6 is 0 Å². The number of para-hydroxylation sites is 1. The molecule has 114 valence electrons. The molecule has 1 aliphatic rings. The summed E-state index contributed by atoms with van der Waals surface area (Å²) in [6.45, 7) is 7.50. The van der Waals surface area contributed by atoms with E-state index < -0.39 is 5.92 Å². The third-order valence-corrected chi connectivity index (χ3v) is 3.95. The first-order chi connectivity index (χ1) is 10.2. The monoisotopic (exact) mass is 289 g/mol. The fourth-order valence-electron chi connectivity index (χ4n) is 2.56.